The number of hydrogen-bond donors (Lipinski definition) is 3. The smallest absolute Gasteiger partial charge is 0.229 e. The first-order valence-corrected chi connectivity index (χ1v) is 13.8. The van der Waals surface area contributed by atoms with Crippen molar-refractivity contribution in [1.29, 1.82) is 0 Å². The molecule has 5 rings (SSSR count). The maximum atomic E-state index is 14.8. The fourth-order valence-corrected chi connectivity index (χ4v) is 4.64. The van der Waals surface area contributed by atoms with E-state index in [0.29, 0.717) is 61.5 Å². The summed E-state index contributed by atoms with van der Waals surface area (Å²) >= 11 is 0. The second-order valence-corrected chi connectivity index (χ2v) is 10.4. The lowest BCUT2D eigenvalue weighted by molar-refractivity contribution is 0.606. The molecular weight excluding hydrogens is 507 g/mol. The van der Waals surface area contributed by atoms with Gasteiger partial charge in [-0.2, -0.15) is 5.10 Å². The molecule has 0 bridgehead atoms. The number of rotatable bonds is 8. The van der Waals surface area contributed by atoms with Gasteiger partial charge in [-0.1, -0.05) is 26.0 Å². The standard InChI is InChI=1S/C26H25FN8O2S/c1-4-6-7-18(21(27)5-2)20-13-29-14-22-23(20)32-26(31-22)24-19-9-16(11-30-25(19)34-33-24)15-8-17(12-28-10-15)35-38(3,36)37/h6-14,35H,4-5H2,1-3H3,(H,31,32)(H,30,33,34)/b7-6-,21-18-. The van der Waals surface area contributed by atoms with Crippen LogP contribution in [0.25, 0.3) is 50.3 Å². The van der Waals surface area contributed by atoms with Crippen LogP contribution >= 0.6 is 0 Å². The van der Waals surface area contributed by atoms with Crippen LogP contribution in [0.3, 0.4) is 0 Å². The average Bonchev–Trinajstić information content (AvgIpc) is 3.51. The molecule has 0 aliphatic heterocycles. The first-order valence-electron chi connectivity index (χ1n) is 11.9. The quantitative estimate of drug-likeness (QED) is 0.228. The molecule has 5 heterocycles. The highest BCUT2D eigenvalue weighted by atomic mass is 32.2. The number of sulfonamides is 1. The van der Waals surface area contributed by atoms with Crippen molar-refractivity contribution in [2.45, 2.75) is 26.7 Å². The Hall–Kier alpha value is -4.45. The summed E-state index contributed by atoms with van der Waals surface area (Å²) in [6.07, 6.45) is 13.7. The first-order chi connectivity index (χ1) is 18.3. The van der Waals surface area contributed by atoms with Gasteiger partial charge in [0.2, 0.25) is 10.0 Å². The van der Waals surface area contributed by atoms with Crippen LogP contribution in [-0.2, 0) is 10.0 Å². The number of allylic oxidation sites excluding steroid dienone is 4. The molecule has 0 fully saturated rings. The Bertz CT molecular complexity index is 1820. The van der Waals surface area contributed by atoms with Crippen molar-refractivity contribution >= 4 is 43.4 Å². The van der Waals surface area contributed by atoms with Gasteiger partial charge in [-0.15, -0.1) is 0 Å². The second-order valence-electron chi connectivity index (χ2n) is 8.68. The summed E-state index contributed by atoms with van der Waals surface area (Å²) in [5, 5.41) is 8.04. The van der Waals surface area contributed by atoms with Gasteiger partial charge in [0.05, 0.1) is 35.2 Å². The van der Waals surface area contributed by atoms with Gasteiger partial charge in [-0.25, -0.2) is 22.8 Å². The highest BCUT2D eigenvalue weighted by Crippen LogP contribution is 2.33. The monoisotopic (exact) mass is 532 g/mol. The van der Waals surface area contributed by atoms with E-state index in [1.807, 2.05) is 19.1 Å². The number of H-pyrrole nitrogens is 2. The van der Waals surface area contributed by atoms with Crippen LogP contribution in [0, 0.1) is 0 Å². The van der Waals surface area contributed by atoms with Gasteiger partial charge in [0, 0.05) is 40.9 Å². The summed E-state index contributed by atoms with van der Waals surface area (Å²) in [6.45, 7) is 3.75. The van der Waals surface area contributed by atoms with Crippen molar-refractivity contribution in [1.82, 2.24) is 35.1 Å². The lowest BCUT2D eigenvalue weighted by Gasteiger charge is -2.06. The SMILES string of the molecule is CC/C=C\C(=C(\F)CC)c1cncc2[nH]c(-c3n[nH]c4ncc(-c5cncc(NS(C)(=O)=O)c5)cc34)nc12. The molecule has 5 aromatic rings. The molecular formula is C26H25FN8O2S. The zero-order valence-electron chi connectivity index (χ0n) is 20.9. The summed E-state index contributed by atoms with van der Waals surface area (Å²) in [5.41, 5.74) is 5.07. The van der Waals surface area contributed by atoms with Crippen LogP contribution < -0.4 is 4.72 Å². The van der Waals surface area contributed by atoms with Crippen LogP contribution in [0.2, 0.25) is 0 Å². The van der Waals surface area contributed by atoms with Gasteiger partial charge in [-0.05, 0) is 25.0 Å². The van der Waals surface area contributed by atoms with Crippen molar-refractivity contribution in [3.63, 3.8) is 0 Å². The third-order valence-electron chi connectivity index (χ3n) is 5.82. The molecule has 0 aromatic carbocycles. The largest absolute Gasteiger partial charge is 0.335 e. The number of nitrogens with zero attached hydrogens (tertiary/aromatic N) is 5. The third kappa shape index (κ3) is 5.02. The summed E-state index contributed by atoms with van der Waals surface area (Å²) in [6, 6.07) is 3.55. The molecule has 38 heavy (non-hydrogen) atoms. The summed E-state index contributed by atoms with van der Waals surface area (Å²) < 4.78 is 40.5. The van der Waals surface area contributed by atoms with Crippen molar-refractivity contribution in [2.24, 2.45) is 0 Å². The number of nitrogens with one attached hydrogen (secondary N) is 3. The Morgan fingerprint density at radius 2 is 1.87 bits per heavy atom. The predicted molar refractivity (Wildman–Crippen MR) is 146 cm³/mol. The van der Waals surface area contributed by atoms with Gasteiger partial charge < -0.3 is 4.98 Å². The lowest BCUT2D eigenvalue weighted by Crippen LogP contribution is -2.09. The second kappa shape index (κ2) is 10.1. The molecule has 0 saturated carbocycles. The Morgan fingerprint density at radius 3 is 2.63 bits per heavy atom. The average molecular weight is 533 g/mol. The van der Waals surface area contributed by atoms with Gasteiger partial charge in [0.25, 0.3) is 0 Å². The van der Waals surface area contributed by atoms with E-state index in [-0.39, 0.29) is 12.2 Å². The molecule has 0 amide bonds. The Balaban J connectivity index is 1.61. The zero-order valence-corrected chi connectivity index (χ0v) is 21.8. The zero-order chi connectivity index (χ0) is 26.9. The molecule has 3 N–H and O–H groups in total. The molecule has 0 saturated heterocycles. The lowest BCUT2D eigenvalue weighted by atomic mass is 10.0. The topological polar surface area (TPSA) is 142 Å². The van der Waals surface area contributed by atoms with E-state index in [4.69, 9.17) is 4.98 Å². The molecule has 0 aliphatic rings. The molecule has 10 nitrogen and oxygen atoms in total. The number of fused-ring (bicyclic) bond motifs is 2. The number of hydrogen-bond acceptors (Lipinski definition) is 7. The van der Waals surface area contributed by atoms with Gasteiger partial charge in [0.15, 0.2) is 11.5 Å². The molecule has 0 unspecified atom stereocenters. The van der Waals surface area contributed by atoms with E-state index in [1.54, 1.807) is 43.9 Å². The molecule has 0 aliphatic carbocycles. The van der Waals surface area contributed by atoms with Crippen molar-refractivity contribution in [3.8, 4) is 22.6 Å². The van der Waals surface area contributed by atoms with Crippen molar-refractivity contribution in [3.05, 3.63) is 66.7 Å². The molecule has 5 aromatic heterocycles. The molecule has 194 valence electrons. The van der Waals surface area contributed by atoms with E-state index in [1.165, 1.54) is 6.20 Å². The third-order valence-corrected chi connectivity index (χ3v) is 6.43. The maximum Gasteiger partial charge on any atom is 0.229 e. The Morgan fingerprint density at radius 1 is 1.08 bits per heavy atom. The van der Waals surface area contributed by atoms with Gasteiger partial charge in [-0.3, -0.25) is 19.8 Å². The fourth-order valence-electron chi connectivity index (χ4n) is 4.10. The number of aromatic amines is 2. The van der Waals surface area contributed by atoms with Gasteiger partial charge in [0.1, 0.15) is 17.0 Å². The highest BCUT2D eigenvalue weighted by Gasteiger charge is 2.18. The fraction of sp³-hybridized carbons (Fsp3) is 0.192. The maximum absolute atomic E-state index is 14.8. The summed E-state index contributed by atoms with van der Waals surface area (Å²) in [5.74, 6) is 0.231. The number of halogens is 1. The van der Waals surface area contributed by atoms with Crippen LogP contribution in [0.5, 0.6) is 0 Å². The van der Waals surface area contributed by atoms with Crippen molar-refractivity contribution < 1.29 is 12.8 Å². The highest BCUT2D eigenvalue weighted by molar-refractivity contribution is 7.92. The van der Waals surface area contributed by atoms with Crippen LogP contribution in [0.1, 0.15) is 32.3 Å². The normalized spacial score (nSPS) is 12.9. The molecule has 12 heteroatoms. The summed E-state index contributed by atoms with van der Waals surface area (Å²) in [4.78, 5) is 20.9. The minimum Gasteiger partial charge on any atom is -0.335 e. The number of aromatic nitrogens is 7. The molecule has 0 spiro atoms. The Labute approximate surface area is 218 Å². The van der Waals surface area contributed by atoms with Crippen LogP contribution in [0.4, 0.5) is 10.1 Å². The van der Waals surface area contributed by atoms with E-state index in [0.717, 1.165) is 12.7 Å². The number of anilines is 1. The van der Waals surface area contributed by atoms with E-state index < -0.39 is 10.0 Å². The van der Waals surface area contributed by atoms with E-state index >= 15 is 0 Å². The number of imidazole rings is 1. The van der Waals surface area contributed by atoms with E-state index in [2.05, 4.69) is 34.9 Å². The molecule has 0 radical (unpaired) electrons. The Kier molecular flexibility index (Phi) is 6.72. The predicted octanol–water partition coefficient (Wildman–Crippen LogP) is 5.39. The molecule has 0 atom stereocenters. The van der Waals surface area contributed by atoms with Crippen molar-refractivity contribution in [2.75, 3.05) is 11.0 Å². The summed E-state index contributed by atoms with van der Waals surface area (Å²) in [7, 11) is -3.45. The van der Waals surface area contributed by atoms with Crippen LogP contribution in [-0.4, -0.2) is 49.8 Å². The minimum atomic E-state index is -3.45. The minimum absolute atomic E-state index is 0.242. The van der Waals surface area contributed by atoms with Crippen LogP contribution in [0.15, 0.2) is 61.1 Å². The first kappa shape index (κ1) is 25.2. The number of pyridine rings is 3. The van der Waals surface area contributed by atoms with Gasteiger partial charge >= 0.3 is 0 Å². The van der Waals surface area contributed by atoms with E-state index in [9.17, 15) is 12.8 Å².